The third-order valence-electron chi connectivity index (χ3n) is 10.4. The number of hydrogen-bond acceptors (Lipinski definition) is 9. The van der Waals surface area contributed by atoms with E-state index in [0.29, 0.717) is 16.6 Å². The molecule has 2 aliphatic carbocycles. The fourth-order valence-electron chi connectivity index (χ4n) is 8.12. The molecule has 0 bridgehead atoms. The molecule has 11 nitrogen and oxygen atoms in total. The van der Waals surface area contributed by atoms with Crippen molar-refractivity contribution in [3.8, 4) is 17.2 Å². The van der Waals surface area contributed by atoms with Gasteiger partial charge in [-0.1, -0.05) is 23.3 Å². The molecule has 3 aromatic rings. The maximum Gasteiger partial charge on any atom is 0.433 e. The Labute approximate surface area is 313 Å². The first-order valence-electron chi connectivity index (χ1n) is 15.9. The molecular weight excluding hydrogens is 771 g/mol. The van der Waals surface area contributed by atoms with E-state index < -0.39 is 87.0 Å². The molecule has 3 heterocycles. The summed E-state index contributed by atoms with van der Waals surface area (Å²) in [5.41, 5.74) is -0.939. The highest BCUT2D eigenvalue weighted by molar-refractivity contribution is 6.58. The quantitative estimate of drug-likeness (QED) is 0.134. The Hall–Kier alpha value is -4.60. The molecule has 18 heteroatoms. The molecule has 7 rings (SSSR count). The summed E-state index contributed by atoms with van der Waals surface area (Å²) in [7, 11) is 3.73. The van der Waals surface area contributed by atoms with Crippen molar-refractivity contribution < 1.29 is 51.3 Å². The number of phenolic OH excluding ortho intramolecular Hbond substituents is 1. The van der Waals surface area contributed by atoms with E-state index in [1.54, 1.807) is 6.08 Å². The topological polar surface area (TPSA) is 130 Å². The Morgan fingerprint density at radius 2 is 1.57 bits per heavy atom. The van der Waals surface area contributed by atoms with Crippen molar-refractivity contribution >= 4 is 69.9 Å². The highest BCUT2D eigenvalue weighted by Crippen LogP contribution is 2.67. The molecule has 0 radical (unpaired) electrons. The summed E-state index contributed by atoms with van der Waals surface area (Å²) in [6, 6.07) is 8.53. The average Bonchev–Trinajstić information content (AvgIpc) is 3.45. The van der Waals surface area contributed by atoms with Crippen molar-refractivity contribution in [2.45, 2.75) is 34.7 Å². The van der Waals surface area contributed by atoms with Gasteiger partial charge in [-0.15, -0.1) is 23.2 Å². The van der Waals surface area contributed by atoms with Crippen LogP contribution in [0.1, 0.15) is 30.0 Å². The zero-order chi connectivity index (χ0) is 38.5. The van der Waals surface area contributed by atoms with Gasteiger partial charge in [0.15, 0.2) is 15.6 Å². The van der Waals surface area contributed by atoms with Crippen molar-refractivity contribution in [2.24, 2.45) is 17.8 Å². The highest BCUT2D eigenvalue weighted by Gasteiger charge is 2.77. The second-order valence-corrected chi connectivity index (χ2v) is 14.7. The van der Waals surface area contributed by atoms with E-state index in [1.807, 2.05) is 0 Å². The van der Waals surface area contributed by atoms with Gasteiger partial charge in [0.2, 0.25) is 0 Å². The van der Waals surface area contributed by atoms with Crippen molar-refractivity contribution in [3.63, 3.8) is 0 Å². The van der Waals surface area contributed by atoms with Gasteiger partial charge in [0.25, 0.3) is 23.6 Å². The minimum Gasteiger partial charge on any atom is -0.508 e. The number of hydrazine groups is 1. The number of rotatable bonds is 6. The van der Waals surface area contributed by atoms with Crippen LogP contribution in [-0.4, -0.2) is 69.7 Å². The van der Waals surface area contributed by atoms with E-state index in [0.717, 1.165) is 35.2 Å². The number of benzene rings is 2. The van der Waals surface area contributed by atoms with Gasteiger partial charge < -0.3 is 14.6 Å². The van der Waals surface area contributed by atoms with Crippen LogP contribution in [0.5, 0.6) is 17.2 Å². The largest absolute Gasteiger partial charge is 0.508 e. The fourth-order valence-corrected chi connectivity index (χ4v) is 9.26. The number of carbonyl (C=O) groups is 4. The Balaban J connectivity index is 1.40. The zero-order valence-electron chi connectivity index (χ0n) is 27.8. The summed E-state index contributed by atoms with van der Waals surface area (Å²) in [4.78, 5) is 57.3. The summed E-state index contributed by atoms with van der Waals surface area (Å²) >= 11 is 21.0. The number of phenols is 1. The van der Waals surface area contributed by atoms with Crippen LogP contribution < -0.4 is 19.4 Å². The summed E-state index contributed by atoms with van der Waals surface area (Å²) < 4.78 is 66.0. The Bertz CT molecular complexity index is 2110. The van der Waals surface area contributed by atoms with Crippen LogP contribution >= 0.6 is 34.8 Å². The predicted molar refractivity (Wildman–Crippen MR) is 182 cm³/mol. The Kier molecular flexibility index (Phi) is 8.66. The van der Waals surface area contributed by atoms with Crippen molar-refractivity contribution in [2.75, 3.05) is 31.2 Å². The predicted octanol–water partition coefficient (Wildman–Crippen LogP) is 6.23. The number of anilines is 2. The minimum atomic E-state index is -4.87. The lowest BCUT2D eigenvalue weighted by molar-refractivity contribution is -0.141. The highest BCUT2D eigenvalue weighted by atomic mass is 35.5. The molecule has 1 saturated carbocycles. The summed E-state index contributed by atoms with van der Waals surface area (Å²) in [5.74, 6) is -9.90. The van der Waals surface area contributed by atoms with Crippen LogP contribution in [0.15, 0.2) is 60.2 Å². The molecule has 3 fully saturated rings. The van der Waals surface area contributed by atoms with Crippen LogP contribution in [0.3, 0.4) is 0 Å². The fraction of sp³-hybridized carbons (Fsp3) is 0.343. The number of aromatic hydroxyl groups is 1. The van der Waals surface area contributed by atoms with Crippen LogP contribution in [0.2, 0.25) is 5.02 Å². The number of hydrogen-bond donors (Lipinski definition) is 1. The average molecular weight is 798 g/mol. The third-order valence-corrected chi connectivity index (χ3v) is 12.1. The normalized spacial score (nSPS) is 28.1. The van der Waals surface area contributed by atoms with Gasteiger partial charge in [-0.3, -0.25) is 24.2 Å². The lowest BCUT2D eigenvalue weighted by Gasteiger charge is -2.51. The van der Waals surface area contributed by atoms with Crippen molar-refractivity contribution in [1.82, 2.24) is 9.99 Å². The SMILES string of the molecule is COc1cc(O)cc(OC)c1C1C2=CCC3C(=O)N(N(C)c4nc(C(F)(F)F)ccc4Cl)C(=O)C3C2CC2(Cl)C(=O)N(c3ccc(F)cc3)C(=O)C12Cl. The molecular formula is C35H27Cl3F4N4O7. The van der Waals surface area contributed by atoms with E-state index in [4.69, 9.17) is 44.3 Å². The Morgan fingerprint density at radius 1 is 0.943 bits per heavy atom. The van der Waals surface area contributed by atoms with E-state index in [2.05, 4.69) is 4.98 Å². The number of amides is 4. The number of alkyl halides is 5. The second-order valence-electron chi connectivity index (χ2n) is 13.0. The van der Waals surface area contributed by atoms with Gasteiger partial charge in [-0.2, -0.15) is 18.2 Å². The van der Waals surface area contributed by atoms with Gasteiger partial charge >= 0.3 is 6.18 Å². The van der Waals surface area contributed by atoms with E-state index in [1.165, 1.54) is 38.5 Å². The lowest BCUT2D eigenvalue weighted by Crippen LogP contribution is -2.60. The number of halogens is 7. The maximum atomic E-state index is 14.7. The van der Waals surface area contributed by atoms with Gasteiger partial charge in [-0.05, 0) is 55.2 Å². The number of pyridine rings is 1. The molecule has 1 aromatic heterocycles. The summed E-state index contributed by atoms with van der Waals surface area (Å²) in [6.07, 6.45) is -3.80. The lowest BCUT2D eigenvalue weighted by atomic mass is 9.56. The molecule has 4 aliphatic rings. The minimum absolute atomic E-state index is 0.0181. The number of imide groups is 2. The standard InChI is InChI=1S/C35H27Cl3F4N4O7/c1-44(28-21(36)10-11-24(43-28)35(40,41)42)46-29(48)19-9-8-18-20(25(19)30(46)49)14-33(37)31(50)45(16-6-4-15(39)5-7-16)32(51)34(33,38)27(18)26-22(52-2)12-17(47)13-23(26)53-3/h4-8,10-13,19-20,25,27,47H,9,14H2,1-3H3. The molecule has 2 saturated heterocycles. The number of fused-ring (bicyclic) bond motifs is 4. The van der Waals surface area contributed by atoms with Crippen LogP contribution in [-0.2, 0) is 25.4 Å². The van der Waals surface area contributed by atoms with Gasteiger partial charge in [-0.25, -0.2) is 14.3 Å². The van der Waals surface area contributed by atoms with Gasteiger partial charge in [0, 0.05) is 30.7 Å². The van der Waals surface area contributed by atoms with E-state index in [-0.39, 0.29) is 39.9 Å². The molecule has 6 unspecified atom stereocenters. The number of allylic oxidation sites excluding steroid dienone is 2. The third kappa shape index (κ3) is 5.18. The number of methoxy groups -OCH3 is 2. The molecule has 4 amide bonds. The first-order valence-corrected chi connectivity index (χ1v) is 17.1. The van der Waals surface area contributed by atoms with Gasteiger partial charge in [0.05, 0.1) is 36.8 Å². The monoisotopic (exact) mass is 796 g/mol. The number of carbonyl (C=O) groups excluding carboxylic acids is 4. The molecule has 0 spiro atoms. The number of ether oxygens (including phenoxy) is 2. The molecule has 53 heavy (non-hydrogen) atoms. The molecule has 2 aromatic carbocycles. The summed E-state index contributed by atoms with van der Waals surface area (Å²) in [5, 5.41) is 11.7. The first-order chi connectivity index (χ1) is 24.9. The smallest absolute Gasteiger partial charge is 0.433 e. The summed E-state index contributed by atoms with van der Waals surface area (Å²) in [6.45, 7) is 0. The van der Waals surface area contributed by atoms with Crippen LogP contribution in [0.4, 0.5) is 29.1 Å². The van der Waals surface area contributed by atoms with Gasteiger partial charge in [0.1, 0.15) is 28.8 Å². The van der Waals surface area contributed by atoms with E-state index in [9.17, 15) is 41.8 Å². The van der Waals surface area contributed by atoms with Crippen molar-refractivity contribution in [3.05, 3.63) is 82.3 Å². The molecule has 6 atom stereocenters. The van der Waals surface area contributed by atoms with Crippen LogP contribution in [0, 0.1) is 23.6 Å². The van der Waals surface area contributed by atoms with E-state index >= 15 is 0 Å². The molecule has 2 aliphatic heterocycles. The number of aromatic nitrogens is 1. The van der Waals surface area contributed by atoms with Crippen molar-refractivity contribution in [1.29, 1.82) is 0 Å². The maximum absolute atomic E-state index is 14.7. The van der Waals surface area contributed by atoms with Crippen LogP contribution in [0.25, 0.3) is 0 Å². The first kappa shape index (κ1) is 36.7. The molecule has 1 N–H and O–H groups in total. The Morgan fingerprint density at radius 3 is 2.15 bits per heavy atom. The molecule has 278 valence electrons. The number of nitrogens with zero attached hydrogens (tertiary/aromatic N) is 4. The second kappa shape index (κ2) is 12.5. The zero-order valence-corrected chi connectivity index (χ0v) is 30.0.